The third-order valence-corrected chi connectivity index (χ3v) is 3.91. The van der Waals surface area contributed by atoms with Crippen molar-refractivity contribution in [1.82, 2.24) is 10.2 Å². The molecule has 1 unspecified atom stereocenters. The van der Waals surface area contributed by atoms with Gasteiger partial charge in [0.15, 0.2) is 0 Å². The van der Waals surface area contributed by atoms with Gasteiger partial charge in [-0.1, -0.05) is 12.2 Å². The van der Waals surface area contributed by atoms with Crippen LogP contribution in [0.3, 0.4) is 0 Å². The van der Waals surface area contributed by atoms with Gasteiger partial charge in [0.1, 0.15) is 11.8 Å². The first kappa shape index (κ1) is 11.5. The number of carbonyl (C=O) groups is 1. The first-order valence-electron chi connectivity index (χ1n) is 6.50. The molecule has 0 fully saturated rings. The summed E-state index contributed by atoms with van der Waals surface area (Å²) in [6.45, 7) is 0.788. The van der Waals surface area contributed by atoms with Gasteiger partial charge in [-0.15, -0.1) is 0 Å². The van der Waals surface area contributed by atoms with Crippen LogP contribution in [0.25, 0.3) is 0 Å². The molecule has 3 rings (SSSR count). The van der Waals surface area contributed by atoms with E-state index in [2.05, 4.69) is 17.5 Å². The summed E-state index contributed by atoms with van der Waals surface area (Å²) in [6, 6.07) is 1.97. The molecule has 1 aromatic heterocycles. The monoisotopic (exact) mass is 246 g/mol. The highest BCUT2D eigenvalue weighted by atomic mass is 16.3. The zero-order chi connectivity index (χ0) is 12.5. The lowest BCUT2D eigenvalue weighted by molar-refractivity contribution is -0.135. The van der Waals surface area contributed by atoms with E-state index in [1.54, 1.807) is 6.26 Å². The lowest BCUT2D eigenvalue weighted by Gasteiger charge is -2.29. The van der Waals surface area contributed by atoms with Gasteiger partial charge in [0.05, 0.1) is 6.26 Å². The topological polar surface area (TPSA) is 45.5 Å². The molecule has 4 heteroatoms. The van der Waals surface area contributed by atoms with E-state index in [1.807, 2.05) is 18.0 Å². The predicted octanol–water partition coefficient (Wildman–Crippen LogP) is 1.64. The van der Waals surface area contributed by atoms with Crippen LogP contribution in [0.5, 0.6) is 0 Å². The van der Waals surface area contributed by atoms with Gasteiger partial charge in [-0.3, -0.25) is 4.79 Å². The number of rotatable bonds is 2. The van der Waals surface area contributed by atoms with E-state index in [0.29, 0.717) is 6.04 Å². The minimum atomic E-state index is -0.335. The third-order valence-electron chi connectivity index (χ3n) is 3.91. The van der Waals surface area contributed by atoms with E-state index in [4.69, 9.17) is 4.42 Å². The summed E-state index contributed by atoms with van der Waals surface area (Å²) >= 11 is 0. The molecule has 96 valence electrons. The van der Waals surface area contributed by atoms with E-state index < -0.39 is 0 Å². The van der Waals surface area contributed by atoms with Crippen LogP contribution in [0.15, 0.2) is 28.9 Å². The Bertz CT molecular complexity index is 470. The zero-order valence-corrected chi connectivity index (χ0v) is 10.6. The lowest BCUT2D eigenvalue weighted by atomic mass is 10.1. The first-order valence-corrected chi connectivity index (χ1v) is 6.50. The molecule has 0 bridgehead atoms. The zero-order valence-electron chi connectivity index (χ0n) is 10.6. The number of fused-ring (bicyclic) bond motifs is 1. The molecule has 18 heavy (non-hydrogen) atoms. The van der Waals surface area contributed by atoms with Gasteiger partial charge in [0.25, 0.3) is 0 Å². The molecular weight excluding hydrogens is 228 g/mol. The molecule has 1 atom stereocenters. The van der Waals surface area contributed by atoms with Crippen LogP contribution in [-0.4, -0.2) is 30.4 Å². The fourth-order valence-corrected chi connectivity index (χ4v) is 2.91. The Morgan fingerprint density at radius 2 is 2.17 bits per heavy atom. The average molecular weight is 246 g/mol. The summed E-state index contributed by atoms with van der Waals surface area (Å²) in [5.74, 6) is 0.927. The predicted molar refractivity (Wildman–Crippen MR) is 68.1 cm³/mol. The Morgan fingerprint density at radius 3 is 2.89 bits per heavy atom. The van der Waals surface area contributed by atoms with E-state index in [9.17, 15) is 4.79 Å². The summed E-state index contributed by atoms with van der Waals surface area (Å²) in [5.41, 5.74) is 1.15. The van der Waals surface area contributed by atoms with Crippen LogP contribution >= 0.6 is 0 Å². The van der Waals surface area contributed by atoms with Crippen LogP contribution in [0.4, 0.5) is 0 Å². The number of carbonyl (C=O) groups excluding carboxylic acids is 1. The number of furan rings is 1. The second-order valence-electron chi connectivity index (χ2n) is 4.91. The standard InChI is InChI=1S/C14H18N2O2/c1-15-12-13-10(7-9-18-13)6-8-16(14(12)17)11-4-2-3-5-11/h2-3,7,9,11-12,15H,4-6,8H2,1H3. The molecule has 1 aliphatic heterocycles. The second-order valence-corrected chi connectivity index (χ2v) is 4.91. The van der Waals surface area contributed by atoms with Crippen molar-refractivity contribution in [2.75, 3.05) is 13.6 Å². The van der Waals surface area contributed by atoms with Gasteiger partial charge in [0, 0.05) is 12.6 Å². The van der Waals surface area contributed by atoms with Crippen molar-refractivity contribution in [1.29, 1.82) is 0 Å². The molecule has 2 aliphatic rings. The molecule has 0 radical (unpaired) electrons. The minimum absolute atomic E-state index is 0.139. The average Bonchev–Trinajstić information content (AvgIpc) is 3.01. The van der Waals surface area contributed by atoms with Crippen molar-refractivity contribution in [3.05, 3.63) is 35.8 Å². The summed E-state index contributed by atoms with van der Waals surface area (Å²) in [4.78, 5) is 14.6. The highest BCUT2D eigenvalue weighted by molar-refractivity contribution is 5.84. The Labute approximate surface area is 107 Å². The molecule has 1 amide bonds. The molecule has 0 saturated heterocycles. The van der Waals surface area contributed by atoms with Crippen molar-refractivity contribution in [2.24, 2.45) is 0 Å². The molecule has 1 aliphatic carbocycles. The molecule has 0 spiro atoms. The van der Waals surface area contributed by atoms with Crippen molar-refractivity contribution in [3.63, 3.8) is 0 Å². The number of hydrogen-bond acceptors (Lipinski definition) is 3. The summed E-state index contributed by atoms with van der Waals surface area (Å²) in [7, 11) is 1.81. The summed E-state index contributed by atoms with van der Waals surface area (Å²) in [5, 5.41) is 3.08. The Morgan fingerprint density at radius 1 is 1.39 bits per heavy atom. The molecule has 1 aromatic rings. The lowest BCUT2D eigenvalue weighted by Crippen LogP contribution is -2.44. The van der Waals surface area contributed by atoms with Crippen LogP contribution < -0.4 is 5.32 Å². The maximum Gasteiger partial charge on any atom is 0.247 e. The van der Waals surface area contributed by atoms with Crippen LogP contribution in [0, 0.1) is 0 Å². The van der Waals surface area contributed by atoms with Crippen LogP contribution in [0.2, 0.25) is 0 Å². The molecular formula is C14H18N2O2. The Kier molecular flexibility index (Phi) is 2.96. The Balaban J connectivity index is 1.89. The van der Waals surface area contributed by atoms with Crippen molar-refractivity contribution >= 4 is 5.91 Å². The molecule has 0 saturated carbocycles. The third kappa shape index (κ3) is 1.77. The second kappa shape index (κ2) is 4.61. The molecule has 0 aromatic carbocycles. The SMILES string of the molecule is CNC1C(=O)N(C2CC=CC2)CCc2ccoc21. The first-order chi connectivity index (χ1) is 8.81. The smallest absolute Gasteiger partial charge is 0.247 e. The van der Waals surface area contributed by atoms with Gasteiger partial charge in [-0.2, -0.15) is 0 Å². The van der Waals surface area contributed by atoms with Crippen LogP contribution in [-0.2, 0) is 11.2 Å². The van der Waals surface area contributed by atoms with E-state index >= 15 is 0 Å². The van der Waals surface area contributed by atoms with Crippen molar-refractivity contribution in [2.45, 2.75) is 31.3 Å². The van der Waals surface area contributed by atoms with Gasteiger partial charge in [-0.05, 0) is 37.9 Å². The van der Waals surface area contributed by atoms with Gasteiger partial charge in [0.2, 0.25) is 5.91 Å². The number of amides is 1. The van der Waals surface area contributed by atoms with Crippen LogP contribution in [0.1, 0.15) is 30.2 Å². The highest BCUT2D eigenvalue weighted by Gasteiger charge is 2.35. The van der Waals surface area contributed by atoms with Crippen molar-refractivity contribution in [3.8, 4) is 0 Å². The largest absolute Gasteiger partial charge is 0.467 e. The quantitative estimate of drug-likeness (QED) is 0.807. The maximum absolute atomic E-state index is 12.6. The van der Waals surface area contributed by atoms with E-state index in [1.165, 1.54) is 0 Å². The fraction of sp³-hybridized carbons (Fsp3) is 0.500. The van der Waals surface area contributed by atoms with Gasteiger partial charge in [-0.25, -0.2) is 0 Å². The number of nitrogens with one attached hydrogen (secondary N) is 1. The summed E-state index contributed by atoms with van der Waals surface area (Å²) in [6.07, 6.45) is 8.83. The molecule has 1 N–H and O–H groups in total. The maximum atomic E-state index is 12.6. The normalized spacial score (nSPS) is 24.4. The fourth-order valence-electron chi connectivity index (χ4n) is 2.91. The number of nitrogens with zero attached hydrogens (tertiary/aromatic N) is 1. The van der Waals surface area contributed by atoms with Gasteiger partial charge < -0.3 is 14.6 Å². The number of likely N-dealkylation sites (N-methyl/N-ethyl adjacent to an activating group) is 1. The Hall–Kier alpha value is -1.55. The highest BCUT2D eigenvalue weighted by Crippen LogP contribution is 2.29. The van der Waals surface area contributed by atoms with E-state index in [0.717, 1.165) is 37.1 Å². The number of hydrogen-bond donors (Lipinski definition) is 1. The summed E-state index contributed by atoms with van der Waals surface area (Å²) < 4.78 is 5.50. The van der Waals surface area contributed by atoms with Gasteiger partial charge >= 0.3 is 0 Å². The molecule has 4 nitrogen and oxygen atoms in total. The minimum Gasteiger partial charge on any atom is -0.467 e. The van der Waals surface area contributed by atoms with Crippen molar-refractivity contribution < 1.29 is 9.21 Å². The van der Waals surface area contributed by atoms with E-state index in [-0.39, 0.29) is 11.9 Å². The molecule has 2 heterocycles.